The number of primary amides is 1. The molecule has 1 aliphatic heterocycles. The highest BCUT2D eigenvalue weighted by Gasteiger charge is 2.32. The smallest absolute Gasteiger partial charge is 0.250 e. The fourth-order valence-electron chi connectivity index (χ4n) is 2.85. The van der Waals surface area contributed by atoms with Gasteiger partial charge in [-0.2, -0.15) is 0 Å². The summed E-state index contributed by atoms with van der Waals surface area (Å²) < 4.78 is 0. The molecule has 0 aromatic heterocycles. The Bertz CT molecular complexity index is 486. The monoisotopic (exact) mass is 262 g/mol. The van der Waals surface area contributed by atoms with Crippen molar-refractivity contribution in [1.82, 2.24) is 4.90 Å². The third-order valence-electron chi connectivity index (χ3n) is 3.86. The van der Waals surface area contributed by atoms with Crippen molar-refractivity contribution in [1.29, 1.82) is 0 Å². The van der Waals surface area contributed by atoms with E-state index in [2.05, 4.69) is 30.8 Å². The molecule has 0 aliphatic carbocycles. The number of benzene rings is 1. The molecule has 1 aromatic carbocycles. The number of nitrogens with zero attached hydrogens (tertiary/aromatic N) is 2. The maximum Gasteiger partial charge on any atom is 0.250 e. The van der Waals surface area contributed by atoms with E-state index in [0.29, 0.717) is 23.2 Å². The van der Waals surface area contributed by atoms with Gasteiger partial charge in [0.1, 0.15) is 0 Å². The Kier molecular flexibility index (Phi) is 3.66. The zero-order valence-corrected chi connectivity index (χ0v) is 11.8. The van der Waals surface area contributed by atoms with E-state index < -0.39 is 5.91 Å². The Morgan fingerprint density at radius 2 is 2.05 bits per heavy atom. The van der Waals surface area contributed by atoms with Gasteiger partial charge in [-0.05, 0) is 38.2 Å². The lowest BCUT2D eigenvalue weighted by Gasteiger charge is -2.24. The van der Waals surface area contributed by atoms with Gasteiger partial charge in [0.15, 0.2) is 0 Å². The van der Waals surface area contributed by atoms with Crippen molar-refractivity contribution in [2.75, 3.05) is 37.8 Å². The number of likely N-dealkylation sites (N-methyl/N-ethyl adjacent to an activating group) is 1. The molecule has 0 bridgehead atoms. The van der Waals surface area contributed by atoms with Crippen molar-refractivity contribution in [3.63, 3.8) is 0 Å². The third-order valence-corrected chi connectivity index (χ3v) is 3.86. The number of carbonyl (C=O) groups excluding carboxylic acids is 1. The predicted molar refractivity (Wildman–Crippen MR) is 78.2 cm³/mol. The van der Waals surface area contributed by atoms with E-state index in [1.54, 1.807) is 6.07 Å². The third kappa shape index (κ3) is 2.66. The second-order valence-corrected chi connectivity index (χ2v) is 5.55. The summed E-state index contributed by atoms with van der Waals surface area (Å²) >= 11 is 0. The zero-order chi connectivity index (χ0) is 14.2. The first-order valence-electron chi connectivity index (χ1n) is 6.51. The number of nitrogens with two attached hydrogens (primary N) is 2. The van der Waals surface area contributed by atoms with Crippen LogP contribution >= 0.6 is 0 Å². The highest BCUT2D eigenvalue weighted by molar-refractivity contribution is 5.99. The molecule has 1 aliphatic rings. The van der Waals surface area contributed by atoms with E-state index in [-0.39, 0.29) is 0 Å². The average Bonchev–Trinajstić information content (AvgIpc) is 2.71. The highest BCUT2D eigenvalue weighted by atomic mass is 16.1. The Morgan fingerprint density at radius 1 is 1.37 bits per heavy atom. The number of nitrogen functional groups attached to an aromatic ring is 1. The molecule has 0 spiro atoms. The SMILES string of the molecule is CC1CN(c2ccc(N)cc2C(N)=O)CC1N(C)C. The fourth-order valence-corrected chi connectivity index (χ4v) is 2.85. The largest absolute Gasteiger partial charge is 0.399 e. The predicted octanol–water partition coefficient (Wildman–Crippen LogP) is 0.754. The van der Waals surface area contributed by atoms with Crippen LogP contribution < -0.4 is 16.4 Å². The number of hydrogen-bond acceptors (Lipinski definition) is 4. The molecule has 1 amide bonds. The topological polar surface area (TPSA) is 75.6 Å². The van der Waals surface area contributed by atoms with Crippen LogP contribution in [0.25, 0.3) is 0 Å². The van der Waals surface area contributed by atoms with E-state index in [0.717, 1.165) is 18.8 Å². The van der Waals surface area contributed by atoms with Crippen LogP contribution in [0.2, 0.25) is 0 Å². The van der Waals surface area contributed by atoms with Crippen LogP contribution in [0.15, 0.2) is 18.2 Å². The average molecular weight is 262 g/mol. The van der Waals surface area contributed by atoms with E-state index in [4.69, 9.17) is 11.5 Å². The number of rotatable bonds is 3. The van der Waals surface area contributed by atoms with Gasteiger partial charge in [-0.15, -0.1) is 0 Å². The molecule has 1 aromatic rings. The van der Waals surface area contributed by atoms with Gasteiger partial charge < -0.3 is 21.3 Å². The van der Waals surface area contributed by atoms with E-state index >= 15 is 0 Å². The molecule has 4 N–H and O–H groups in total. The molecular weight excluding hydrogens is 240 g/mol. The van der Waals surface area contributed by atoms with Gasteiger partial charge in [0.25, 0.3) is 5.91 Å². The summed E-state index contributed by atoms with van der Waals surface area (Å²) in [5.74, 6) is 0.122. The summed E-state index contributed by atoms with van der Waals surface area (Å²) in [6, 6.07) is 5.85. The van der Waals surface area contributed by atoms with Gasteiger partial charge in [0, 0.05) is 30.5 Å². The van der Waals surface area contributed by atoms with Gasteiger partial charge in [-0.1, -0.05) is 6.92 Å². The molecule has 104 valence electrons. The first-order valence-corrected chi connectivity index (χ1v) is 6.51. The van der Waals surface area contributed by atoms with Gasteiger partial charge in [-0.25, -0.2) is 0 Å². The summed E-state index contributed by atoms with van der Waals surface area (Å²) in [5, 5.41) is 0. The van der Waals surface area contributed by atoms with Crippen molar-refractivity contribution >= 4 is 17.3 Å². The van der Waals surface area contributed by atoms with Crippen molar-refractivity contribution in [2.24, 2.45) is 11.7 Å². The van der Waals surface area contributed by atoms with Gasteiger partial charge >= 0.3 is 0 Å². The molecule has 1 heterocycles. The second-order valence-electron chi connectivity index (χ2n) is 5.55. The molecular formula is C14H22N4O. The maximum absolute atomic E-state index is 11.6. The molecule has 5 nitrogen and oxygen atoms in total. The summed E-state index contributed by atoms with van der Waals surface area (Å²) in [4.78, 5) is 16.0. The van der Waals surface area contributed by atoms with Crippen LogP contribution in [0.1, 0.15) is 17.3 Å². The van der Waals surface area contributed by atoms with Gasteiger partial charge in [0.2, 0.25) is 0 Å². The van der Waals surface area contributed by atoms with Crippen LogP contribution in [0.4, 0.5) is 11.4 Å². The number of carbonyl (C=O) groups is 1. The lowest BCUT2D eigenvalue weighted by Crippen LogP contribution is -2.34. The summed E-state index contributed by atoms with van der Waals surface area (Å²) in [6.45, 7) is 4.05. The standard InChI is InChI=1S/C14H22N4O/c1-9-7-18(8-13(9)17(2)3)12-5-4-10(15)6-11(12)14(16)19/h4-6,9,13H,7-8,15H2,1-3H3,(H2,16,19). The Morgan fingerprint density at radius 3 is 2.58 bits per heavy atom. The summed E-state index contributed by atoms with van der Waals surface area (Å²) in [6.07, 6.45) is 0. The van der Waals surface area contributed by atoms with Crippen molar-refractivity contribution in [3.8, 4) is 0 Å². The van der Waals surface area contributed by atoms with Crippen molar-refractivity contribution in [3.05, 3.63) is 23.8 Å². The molecule has 2 unspecified atom stereocenters. The highest BCUT2D eigenvalue weighted by Crippen LogP contribution is 2.29. The summed E-state index contributed by atoms with van der Waals surface area (Å²) in [7, 11) is 4.17. The fraction of sp³-hybridized carbons (Fsp3) is 0.500. The number of hydrogen-bond donors (Lipinski definition) is 2. The van der Waals surface area contributed by atoms with Crippen LogP contribution in [-0.2, 0) is 0 Å². The quantitative estimate of drug-likeness (QED) is 0.788. The molecule has 0 radical (unpaired) electrons. The van der Waals surface area contributed by atoms with Gasteiger partial charge in [0.05, 0.1) is 5.56 Å². The molecule has 1 saturated heterocycles. The van der Waals surface area contributed by atoms with Crippen LogP contribution in [-0.4, -0.2) is 44.0 Å². The number of anilines is 2. The van der Waals surface area contributed by atoms with Crippen molar-refractivity contribution in [2.45, 2.75) is 13.0 Å². The van der Waals surface area contributed by atoms with E-state index in [1.807, 2.05) is 12.1 Å². The normalized spacial score (nSPS) is 23.1. The van der Waals surface area contributed by atoms with E-state index in [1.165, 1.54) is 0 Å². The first-order chi connectivity index (χ1) is 8.90. The lowest BCUT2D eigenvalue weighted by atomic mass is 10.1. The zero-order valence-electron chi connectivity index (χ0n) is 11.8. The second kappa shape index (κ2) is 5.09. The maximum atomic E-state index is 11.6. The Balaban J connectivity index is 2.31. The summed E-state index contributed by atoms with van der Waals surface area (Å²) in [5.41, 5.74) is 13.1. The van der Waals surface area contributed by atoms with Crippen LogP contribution in [0.3, 0.4) is 0 Å². The van der Waals surface area contributed by atoms with Crippen LogP contribution in [0, 0.1) is 5.92 Å². The number of amides is 1. The van der Waals surface area contributed by atoms with Crippen molar-refractivity contribution < 1.29 is 4.79 Å². The minimum atomic E-state index is -0.428. The molecule has 0 saturated carbocycles. The minimum absolute atomic E-state index is 0.428. The minimum Gasteiger partial charge on any atom is -0.399 e. The van der Waals surface area contributed by atoms with E-state index in [9.17, 15) is 4.79 Å². The lowest BCUT2D eigenvalue weighted by molar-refractivity contribution is 0.100. The molecule has 1 fully saturated rings. The molecule has 2 rings (SSSR count). The first kappa shape index (κ1) is 13.7. The Hall–Kier alpha value is -1.75. The van der Waals surface area contributed by atoms with Crippen LogP contribution in [0.5, 0.6) is 0 Å². The molecule has 2 atom stereocenters. The molecule has 19 heavy (non-hydrogen) atoms. The molecule has 5 heteroatoms. The van der Waals surface area contributed by atoms with Gasteiger partial charge in [-0.3, -0.25) is 4.79 Å². The Labute approximate surface area is 114 Å².